The third kappa shape index (κ3) is 2.55. The van der Waals surface area contributed by atoms with Crippen LogP contribution in [0.25, 0.3) is 0 Å². The molecule has 3 heteroatoms. The molecule has 1 saturated heterocycles. The lowest BCUT2D eigenvalue weighted by molar-refractivity contribution is 0.335. The Morgan fingerprint density at radius 2 is 2.57 bits per heavy atom. The molecule has 0 aliphatic carbocycles. The molecule has 2 nitrogen and oxygen atoms in total. The van der Waals surface area contributed by atoms with Gasteiger partial charge >= 0.3 is 0 Å². The second-order valence-corrected chi connectivity index (χ2v) is 4.90. The molecule has 0 aromatic carbocycles. The van der Waals surface area contributed by atoms with Gasteiger partial charge < -0.3 is 9.32 Å². The summed E-state index contributed by atoms with van der Waals surface area (Å²) in [5, 5.41) is 0. The van der Waals surface area contributed by atoms with Crippen LogP contribution >= 0.6 is 11.8 Å². The first-order chi connectivity index (χ1) is 6.86. The van der Waals surface area contributed by atoms with Gasteiger partial charge in [0, 0.05) is 11.8 Å². The van der Waals surface area contributed by atoms with Gasteiger partial charge in [-0.1, -0.05) is 0 Å². The van der Waals surface area contributed by atoms with Crippen LogP contribution < -0.4 is 0 Å². The van der Waals surface area contributed by atoms with Gasteiger partial charge in [-0.05, 0) is 38.6 Å². The van der Waals surface area contributed by atoms with E-state index in [9.17, 15) is 0 Å². The SMILES string of the molecule is CN1CCC[C@@H]1CSCc1ccco1. The molecular weight excluding hydrogens is 194 g/mol. The maximum Gasteiger partial charge on any atom is 0.113 e. The first-order valence-corrected chi connectivity index (χ1v) is 6.32. The fourth-order valence-electron chi connectivity index (χ4n) is 1.88. The number of hydrogen-bond acceptors (Lipinski definition) is 3. The van der Waals surface area contributed by atoms with Gasteiger partial charge in [-0.15, -0.1) is 0 Å². The van der Waals surface area contributed by atoms with Gasteiger partial charge in [0.15, 0.2) is 0 Å². The van der Waals surface area contributed by atoms with Gasteiger partial charge in [0.05, 0.1) is 12.0 Å². The molecule has 1 atom stereocenters. The standard InChI is InChI=1S/C11H17NOS/c1-12-6-2-4-10(12)8-14-9-11-5-3-7-13-11/h3,5,7,10H,2,4,6,8-9H2,1H3/t10-/m1/s1. The molecule has 0 radical (unpaired) electrons. The Labute approximate surface area is 89.7 Å². The van der Waals surface area contributed by atoms with Gasteiger partial charge in [-0.2, -0.15) is 11.8 Å². The Hall–Kier alpha value is -0.410. The highest BCUT2D eigenvalue weighted by molar-refractivity contribution is 7.98. The summed E-state index contributed by atoms with van der Waals surface area (Å²) >= 11 is 1.98. The fourth-order valence-corrected chi connectivity index (χ4v) is 3.06. The van der Waals surface area contributed by atoms with E-state index in [2.05, 4.69) is 11.9 Å². The third-order valence-electron chi connectivity index (χ3n) is 2.81. The van der Waals surface area contributed by atoms with Gasteiger partial charge in [-0.3, -0.25) is 0 Å². The molecule has 0 N–H and O–H groups in total. The van der Waals surface area contributed by atoms with E-state index in [4.69, 9.17) is 4.42 Å². The summed E-state index contributed by atoms with van der Waals surface area (Å²) in [5.74, 6) is 3.34. The van der Waals surface area contributed by atoms with E-state index in [0.29, 0.717) is 0 Å². The van der Waals surface area contributed by atoms with Crippen molar-refractivity contribution < 1.29 is 4.42 Å². The topological polar surface area (TPSA) is 16.4 Å². The number of hydrogen-bond donors (Lipinski definition) is 0. The zero-order valence-electron chi connectivity index (χ0n) is 8.61. The van der Waals surface area contributed by atoms with Crippen molar-refractivity contribution in [1.82, 2.24) is 4.90 Å². The van der Waals surface area contributed by atoms with E-state index in [0.717, 1.165) is 17.6 Å². The van der Waals surface area contributed by atoms with Crippen molar-refractivity contribution >= 4 is 11.8 Å². The normalized spacial score (nSPS) is 23.1. The fraction of sp³-hybridized carbons (Fsp3) is 0.636. The molecule has 2 rings (SSSR count). The monoisotopic (exact) mass is 211 g/mol. The van der Waals surface area contributed by atoms with Crippen LogP contribution in [-0.4, -0.2) is 30.3 Å². The summed E-state index contributed by atoms with van der Waals surface area (Å²) in [6, 6.07) is 4.79. The van der Waals surface area contributed by atoms with Gasteiger partial charge in [-0.25, -0.2) is 0 Å². The molecule has 1 aliphatic heterocycles. The summed E-state index contributed by atoms with van der Waals surface area (Å²) in [4.78, 5) is 2.47. The molecule has 1 aromatic rings. The molecule has 1 fully saturated rings. The molecule has 2 heterocycles. The highest BCUT2D eigenvalue weighted by Crippen LogP contribution is 2.21. The number of likely N-dealkylation sites (tertiary alicyclic amines) is 1. The third-order valence-corrected chi connectivity index (χ3v) is 3.92. The lowest BCUT2D eigenvalue weighted by atomic mass is 10.2. The molecule has 1 aromatic heterocycles. The van der Waals surface area contributed by atoms with E-state index >= 15 is 0 Å². The summed E-state index contributed by atoms with van der Waals surface area (Å²) in [6.45, 7) is 1.27. The van der Waals surface area contributed by atoms with Crippen molar-refractivity contribution in [3.8, 4) is 0 Å². The number of rotatable bonds is 4. The first kappa shape index (κ1) is 10.1. The van der Waals surface area contributed by atoms with Crippen LogP contribution in [0.2, 0.25) is 0 Å². The summed E-state index contributed by atoms with van der Waals surface area (Å²) in [5.41, 5.74) is 0. The van der Waals surface area contributed by atoms with Crippen molar-refractivity contribution in [3.05, 3.63) is 24.2 Å². The molecule has 0 bridgehead atoms. The summed E-state index contributed by atoms with van der Waals surface area (Å²) < 4.78 is 5.29. The van der Waals surface area contributed by atoms with E-state index in [1.807, 2.05) is 23.9 Å². The second-order valence-electron chi connectivity index (χ2n) is 3.87. The highest BCUT2D eigenvalue weighted by Gasteiger charge is 2.20. The average Bonchev–Trinajstić information content (AvgIpc) is 2.78. The Kier molecular flexibility index (Phi) is 3.54. The molecule has 1 aliphatic rings. The van der Waals surface area contributed by atoms with Crippen molar-refractivity contribution in [1.29, 1.82) is 0 Å². The minimum absolute atomic E-state index is 0.787. The Bertz CT molecular complexity index is 260. The molecule has 0 saturated carbocycles. The predicted octanol–water partition coefficient (Wildman–Crippen LogP) is 2.61. The Balaban J connectivity index is 1.68. The van der Waals surface area contributed by atoms with E-state index in [1.165, 1.54) is 25.1 Å². The molecule has 0 amide bonds. The van der Waals surface area contributed by atoms with Crippen LogP contribution in [0, 0.1) is 0 Å². The van der Waals surface area contributed by atoms with Crippen LogP contribution in [0.5, 0.6) is 0 Å². The lowest BCUT2D eigenvalue weighted by Gasteiger charge is -2.18. The largest absolute Gasteiger partial charge is 0.468 e. The number of thioether (sulfide) groups is 1. The van der Waals surface area contributed by atoms with Crippen LogP contribution in [0.15, 0.2) is 22.8 Å². The van der Waals surface area contributed by atoms with Gasteiger partial charge in [0.2, 0.25) is 0 Å². The first-order valence-electron chi connectivity index (χ1n) is 5.16. The van der Waals surface area contributed by atoms with Crippen molar-refractivity contribution in [2.45, 2.75) is 24.6 Å². The molecule has 14 heavy (non-hydrogen) atoms. The Morgan fingerprint density at radius 1 is 1.64 bits per heavy atom. The van der Waals surface area contributed by atoms with Crippen molar-refractivity contribution in [2.75, 3.05) is 19.3 Å². The number of nitrogens with zero attached hydrogens (tertiary/aromatic N) is 1. The Morgan fingerprint density at radius 3 is 3.21 bits per heavy atom. The minimum atomic E-state index is 0.787. The van der Waals surface area contributed by atoms with Crippen LogP contribution in [-0.2, 0) is 5.75 Å². The van der Waals surface area contributed by atoms with Crippen LogP contribution in [0.3, 0.4) is 0 Å². The maximum atomic E-state index is 5.29. The lowest BCUT2D eigenvalue weighted by Crippen LogP contribution is -2.26. The summed E-state index contributed by atoms with van der Waals surface area (Å²) in [6.07, 6.45) is 4.47. The molecule has 0 unspecified atom stereocenters. The predicted molar refractivity (Wildman–Crippen MR) is 60.5 cm³/mol. The smallest absolute Gasteiger partial charge is 0.113 e. The van der Waals surface area contributed by atoms with E-state index in [-0.39, 0.29) is 0 Å². The number of furan rings is 1. The zero-order chi connectivity index (χ0) is 9.80. The zero-order valence-corrected chi connectivity index (χ0v) is 9.43. The summed E-state index contributed by atoms with van der Waals surface area (Å²) in [7, 11) is 2.23. The van der Waals surface area contributed by atoms with Crippen LogP contribution in [0.1, 0.15) is 18.6 Å². The quantitative estimate of drug-likeness (QED) is 0.761. The van der Waals surface area contributed by atoms with Crippen LogP contribution in [0.4, 0.5) is 0 Å². The molecule has 78 valence electrons. The van der Waals surface area contributed by atoms with Crippen molar-refractivity contribution in [3.63, 3.8) is 0 Å². The average molecular weight is 211 g/mol. The van der Waals surface area contributed by atoms with Gasteiger partial charge in [0.25, 0.3) is 0 Å². The van der Waals surface area contributed by atoms with Gasteiger partial charge in [0.1, 0.15) is 5.76 Å². The highest BCUT2D eigenvalue weighted by atomic mass is 32.2. The maximum absolute atomic E-state index is 5.29. The molecule has 0 spiro atoms. The second kappa shape index (κ2) is 4.89. The molecular formula is C11H17NOS. The minimum Gasteiger partial charge on any atom is -0.468 e. The van der Waals surface area contributed by atoms with E-state index < -0.39 is 0 Å². The van der Waals surface area contributed by atoms with E-state index in [1.54, 1.807) is 6.26 Å². The van der Waals surface area contributed by atoms with Crippen molar-refractivity contribution in [2.24, 2.45) is 0 Å².